The minimum Gasteiger partial charge on any atom is -0.460 e. The van der Waals surface area contributed by atoms with Gasteiger partial charge in [-0.05, 0) is 71.3 Å². The Kier molecular flexibility index (Phi) is 14.3. The van der Waals surface area contributed by atoms with E-state index in [1.165, 1.54) is 18.4 Å². The van der Waals surface area contributed by atoms with Crippen LogP contribution in [-0.2, 0) is 28.0 Å². The highest BCUT2D eigenvalue weighted by molar-refractivity contribution is 8.29. The SMILES string of the molecule is C=C(NC(=O)C1(NC(=O)c2csc(C3CCCCC(CCCC(=O)OC(C)(C)C)CC3)n2)CC1OS(C)(C)C(C)(C)C)C(=O)NCCOC. The van der Waals surface area contributed by atoms with Crippen molar-refractivity contribution >= 4 is 45.3 Å². The summed E-state index contributed by atoms with van der Waals surface area (Å²) in [5.41, 5.74) is -1.67. The molecule has 0 radical (unpaired) electrons. The van der Waals surface area contributed by atoms with Crippen molar-refractivity contribution in [2.24, 2.45) is 5.92 Å². The number of rotatable bonds is 15. The summed E-state index contributed by atoms with van der Waals surface area (Å²) in [7, 11) is -0.0930. The van der Waals surface area contributed by atoms with Gasteiger partial charge in [-0.25, -0.2) is 4.98 Å². The zero-order valence-corrected chi connectivity index (χ0v) is 32.8. The van der Waals surface area contributed by atoms with Crippen LogP contribution in [-0.4, -0.2) is 83.4 Å². The molecule has 0 aromatic carbocycles. The highest BCUT2D eigenvalue weighted by atomic mass is 32.3. The first-order valence-electron chi connectivity index (χ1n) is 17.5. The van der Waals surface area contributed by atoms with E-state index in [-0.39, 0.29) is 41.0 Å². The number of methoxy groups -OCH3 is 1. The zero-order chi connectivity index (χ0) is 36.6. The molecule has 49 heavy (non-hydrogen) atoms. The molecule has 1 heterocycles. The van der Waals surface area contributed by atoms with Gasteiger partial charge in [0.05, 0.1) is 17.3 Å². The molecule has 2 fully saturated rings. The highest BCUT2D eigenvalue weighted by Gasteiger charge is 2.64. The molecular weight excluding hydrogens is 665 g/mol. The highest BCUT2D eigenvalue weighted by Crippen LogP contribution is 2.59. The number of nitrogens with one attached hydrogen (secondary N) is 3. The van der Waals surface area contributed by atoms with Crippen LogP contribution < -0.4 is 16.0 Å². The summed E-state index contributed by atoms with van der Waals surface area (Å²) in [6.07, 6.45) is 12.5. The minimum atomic E-state index is -1.62. The molecule has 0 bridgehead atoms. The number of esters is 1. The largest absolute Gasteiger partial charge is 0.460 e. The van der Waals surface area contributed by atoms with Crippen molar-refractivity contribution in [2.75, 3.05) is 32.8 Å². The second-order valence-electron chi connectivity index (χ2n) is 15.7. The van der Waals surface area contributed by atoms with E-state index < -0.39 is 45.3 Å². The van der Waals surface area contributed by atoms with Crippen LogP contribution in [0.4, 0.5) is 0 Å². The predicted octanol–water partition coefficient (Wildman–Crippen LogP) is 6.14. The summed E-state index contributed by atoms with van der Waals surface area (Å²) < 4.78 is 16.8. The van der Waals surface area contributed by atoms with Gasteiger partial charge in [-0.1, -0.05) is 46.6 Å². The summed E-state index contributed by atoms with van der Waals surface area (Å²) in [6.45, 7) is 16.3. The molecule has 1 aromatic heterocycles. The first-order chi connectivity index (χ1) is 22.8. The molecule has 0 aliphatic heterocycles. The standard InChI is InChI=1S/C36H60N4O7S2/c1-24(30(42)37-20-21-45-8)38-33(44)36(22-28(36)47-49(9,10)35(5,6)7)40-31(43)27-23-48-32(39-27)26-16-12-11-14-25(18-19-26)15-13-17-29(41)46-34(2,3)4/h23,25-26,28H,1,11-22H2,2-10H3,(H,37,42)(H,38,44)(H,40,43). The quantitative estimate of drug-likeness (QED) is 0.111. The normalized spacial score (nSPS) is 23.4. The molecule has 2 aliphatic carbocycles. The van der Waals surface area contributed by atoms with Crippen molar-refractivity contribution in [3.63, 3.8) is 0 Å². The van der Waals surface area contributed by atoms with Gasteiger partial charge in [0.1, 0.15) is 22.9 Å². The van der Waals surface area contributed by atoms with Gasteiger partial charge in [0.25, 0.3) is 17.7 Å². The molecule has 0 spiro atoms. The topological polar surface area (TPSA) is 145 Å². The van der Waals surface area contributed by atoms with E-state index in [0.717, 1.165) is 56.4 Å². The van der Waals surface area contributed by atoms with Crippen molar-refractivity contribution in [1.82, 2.24) is 20.9 Å². The zero-order valence-electron chi connectivity index (χ0n) is 31.1. The molecule has 2 saturated carbocycles. The second-order valence-corrected chi connectivity index (χ2v) is 20.5. The monoisotopic (exact) mass is 724 g/mol. The molecule has 278 valence electrons. The van der Waals surface area contributed by atoms with E-state index in [1.807, 2.05) is 33.3 Å². The number of nitrogens with zero attached hydrogens (tertiary/aromatic N) is 1. The van der Waals surface area contributed by atoms with E-state index in [2.05, 4.69) is 43.3 Å². The Morgan fingerprint density at radius 3 is 2.41 bits per heavy atom. The van der Waals surface area contributed by atoms with E-state index in [1.54, 1.807) is 5.38 Å². The minimum absolute atomic E-state index is 0.119. The average Bonchev–Trinajstić information content (AvgIpc) is 3.40. The Hall–Kier alpha value is -2.48. The molecule has 1 aromatic rings. The van der Waals surface area contributed by atoms with Gasteiger partial charge in [0.2, 0.25) is 0 Å². The van der Waals surface area contributed by atoms with E-state index in [0.29, 0.717) is 18.9 Å². The number of carbonyl (C=O) groups excluding carboxylic acids is 4. The fraction of sp³-hybridized carbons (Fsp3) is 0.750. The first kappa shape index (κ1) is 40.9. The van der Waals surface area contributed by atoms with Crippen LogP contribution in [0.25, 0.3) is 0 Å². The van der Waals surface area contributed by atoms with Crippen molar-refractivity contribution in [3.8, 4) is 0 Å². The molecule has 11 nitrogen and oxygen atoms in total. The molecule has 4 unspecified atom stereocenters. The molecular formula is C36H60N4O7S2. The fourth-order valence-electron chi connectivity index (χ4n) is 5.75. The van der Waals surface area contributed by atoms with Gasteiger partial charge < -0.3 is 29.6 Å². The summed E-state index contributed by atoms with van der Waals surface area (Å²) in [4.78, 5) is 56.8. The van der Waals surface area contributed by atoms with Gasteiger partial charge in [-0.15, -0.1) is 21.6 Å². The Morgan fingerprint density at radius 2 is 1.76 bits per heavy atom. The fourth-order valence-corrected chi connectivity index (χ4v) is 7.82. The van der Waals surface area contributed by atoms with Crippen LogP contribution in [0.5, 0.6) is 0 Å². The molecule has 3 rings (SSSR count). The number of hydrogen-bond acceptors (Lipinski definition) is 9. The van der Waals surface area contributed by atoms with Crippen LogP contribution in [0.15, 0.2) is 17.7 Å². The third-order valence-electron chi connectivity index (χ3n) is 9.46. The number of thiazole rings is 1. The Labute approximate surface area is 299 Å². The smallest absolute Gasteiger partial charge is 0.306 e. The molecule has 13 heteroatoms. The maximum atomic E-state index is 13.7. The lowest BCUT2D eigenvalue weighted by Gasteiger charge is -2.44. The molecule has 3 N–H and O–H groups in total. The van der Waals surface area contributed by atoms with Gasteiger partial charge in [0, 0.05) is 42.5 Å². The summed E-state index contributed by atoms with van der Waals surface area (Å²) in [6, 6.07) is 0. The maximum absolute atomic E-state index is 13.7. The molecule has 4 atom stereocenters. The lowest BCUT2D eigenvalue weighted by Crippen LogP contribution is -2.53. The maximum Gasteiger partial charge on any atom is 0.306 e. The van der Waals surface area contributed by atoms with E-state index >= 15 is 0 Å². The average molecular weight is 725 g/mol. The number of aromatic nitrogens is 1. The number of hydrogen-bond donors (Lipinski definition) is 3. The lowest BCUT2D eigenvalue weighted by molar-refractivity contribution is -0.155. The van der Waals surface area contributed by atoms with Crippen molar-refractivity contribution in [1.29, 1.82) is 0 Å². The van der Waals surface area contributed by atoms with Gasteiger partial charge in [0.15, 0.2) is 0 Å². The Morgan fingerprint density at radius 1 is 1.06 bits per heavy atom. The van der Waals surface area contributed by atoms with E-state index in [9.17, 15) is 19.2 Å². The lowest BCUT2D eigenvalue weighted by atomic mass is 9.83. The van der Waals surface area contributed by atoms with Crippen LogP contribution in [0.2, 0.25) is 0 Å². The Balaban J connectivity index is 1.66. The third kappa shape index (κ3) is 12.1. The molecule has 0 saturated heterocycles. The van der Waals surface area contributed by atoms with Crippen molar-refractivity contribution in [2.45, 2.75) is 134 Å². The van der Waals surface area contributed by atoms with Gasteiger partial charge >= 0.3 is 5.97 Å². The second kappa shape index (κ2) is 17.2. The van der Waals surface area contributed by atoms with Gasteiger partial charge in [-0.2, -0.15) is 0 Å². The van der Waals surface area contributed by atoms with Gasteiger partial charge in [-0.3, -0.25) is 19.2 Å². The van der Waals surface area contributed by atoms with E-state index in [4.69, 9.17) is 18.6 Å². The number of amides is 3. The van der Waals surface area contributed by atoms with Crippen molar-refractivity contribution < 1.29 is 32.8 Å². The molecule has 2 aliphatic rings. The summed E-state index contributed by atoms with van der Waals surface area (Å²) in [5.74, 6) is -0.858. The number of ether oxygens (including phenoxy) is 2. The first-order valence-corrected chi connectivity index (χ1v) is 20.7. The van der Waals surface area contributed by atoms with Crippen LogP contribution in [0.1, 0.15) is 127 Å². The predicted molar refractivity (Wildman–Crippen MR) is 197 cm³/mol. The van der Waals surface area contributed by atoms with Crippen LogP contribution >= 0.6 is 21.6 Å². The number of carbonyl (C=O) groups is 4. The van der Waals surface area contributed by atoms with Crippen LogP contribution in [0.3, 0.4) is 0 Å². The molecule has 3 amide bonds. The van der Waals surface area contributed by atoms with Crippen LogP contribution in [0, 0.1) is 5.92 Å². The Bertz CT molecular complexity index is 1330. The summed E-state index contributed by atoms with van der Waals surface area (Å²) >= 11 is 1.48. The summed E-state index contributed by atoms with van der Waals surface area (Å²) in [5, 5.41) is 10.9. The third-order valence-corrected chi connectivity index (χ3v) is 14.1. The van der Waals surface area contributed by atoms with Crippen molar-refractivity contribution in [3.05, 3.63) is 28.4 Å².